The second-order valence-electron chi connectivity index (χ2n) is 5.48. The molecular weight excluding hydrogens is 240 g/mol. The van der Waals surface area contributed by atoms with Crippen molar-refractivity contribution >= 4 is 11.3 Å². The van der Waals surface area contributed by atoms with Crippen LogP contribution >= 0.6 is 11.3 Å². The van der Waals surface area contributed by atoms with E-state index in [0.29, 0.717) is 12.1 Å². The normalized spacial score (nSPS) is 20.1. The number of hydrogen-bond donors (Lipinski definition) is 1. The fourth-order valence-corrected chi connectivity index (χ4v) is 3.43. The molecule has 1 aromatic heterocycles. The van der Waals surface area contributed by atoms with Crippen LogP contribution in [0.25, 0.3) is 0 Å². The lowest BCUT2D eigenvalue weighted by Crippen LogP contribution is -2.36. The topological polar surface area (TPSA) is 15.3 Å². The minimum Gasteiger partial charge on any atom is -0.311 e. The van der Waals surface area contributed by atoms with Crippen LogP contribution in [0, 0.1) is 0 Å². The second-order valence-corrected chi connectivity index (χ2v) is 6.48. The highest BCUT2D eigenvalue weighted by Crippen LogP contribution is 2.32. The molecule has 0 spiro atoms. The third kappa shape index (κ3) is 3.22. The van der Waals surface area contributed by atoms with Gasteiger partial charge in [0.25, 0.3) is 0 Å². The predicted molar refractivity (Wildman–Crippen MR) is 80.3 cm³/mol. The molecule has 1 aliphatic rings. The van der Waals surface area contributed by atoms with Gasteiger partial charge in [0.05, 0.1) is 0 Å². The summed E-state index contributed by atoms with van der Waals surface area (Å²) in [5.74, 6) is 0. The standard InChI is InChI=1S/C15H24N2S/c1-11(2)16-9-12(3)10-17-7-5-15-14(13(17)4)6-8-18-15/h6,8,11,13,16H,3,5,7,9-10H2,1-2,4H3. The van der Waals surface area contributed by atoms with E-state index in [-0.39, 0.29) is 0 Å². The Kier molecular flexibility index (Phi) is 4.60. The summed E-state index contributed by atoms with van der Waals surface area (Å²) in [7, 11) is 0. The minimum atomic E-state index is 0.531. The molecule has 2 heterocycles. The first kappa shape index (κ1) is 13.8. The Hall–Kier alpha value is -0.640. The third-order valence-electron chi connectivity index (χ3n) is 3.59. The van der Waals surface area contributed by atoms with Gasteiger partial charge in [-0.05, 0) is 35.9 Å². The zero-order chi connectivity index (χ0) is 13.1. The summed E-state index contributed by atoms with van der Waals surface area (Å²) in [6.45, 7) is 14.0. The van der Waals surface area contributed by atoms with E-state index < -0.39 is 0 Å². The lowest BCUT2D eigenvalue weighted by Gasteiger charge is -2.34. The second kappa shape index (κ2) is 6.00. The maximum atomic E-state index is 4.20. The average Bonchev–Trinajstić information content (AvgIpc) is 2.79. The minimum absolute atomic E-state index is 0.531. The van der Waals surface area contributed by atoms with E-state index in [4.69, 9.17) is 0 Å². The molecule has 0 saturated heterocycles. The molecule has 0 radical (unpaired) electrons. The summed E-state index contributed by atoms with van der Waals surface area (Å²) in [6.07, 6.45) is 1.20. The van der Waals surface area contributed by atoms with E-state index >= 15 is 0 Å². The molecule has 18 heavy (non-hydrogen) atoms. The van der Waals surface area contributed by atoms with Crippen molar-refractivity contribution in [2.75, 3.05) is 19.6 Å². The maximum Gasteiger partial charge on any atom is 0.0334 e. The molecule has 2 rings (SSSR count). The quantitative estimate of drug-likeness (QED) is 0.822. The van der Waals surface area contributed by atoms with Crippen LogP contribution in [-0.4, -0.2) is 30.6 Å². The van der Waals surface area contributed by atoms with Gasteiger partial charge in [-0.2, -0.15) is 0 Å². The predicted octanol–water partition coefficient (Wildman–Crippen LogP) is 3.22. The van der Waals surface area contributed by atoms with Gasteiger partial charge in [0.1, 0.15) is 0 Å². The summed E-state index contributed by atoms with van der Waals surface area (Å²) in [5.41, 5.74) is 2.81. The van der Waals surface area contributed by atoms with E-state index in [1.165, 1.54) is 17.6 Å². The van der Waals surface area contributed by atoms with Crippen LogP contribution in [0.5, 0.6) is 0 Å². The average molecular weight is 264 g/mol. The van der Waals surface area contributed by atoms with Gasteiger partial charge >= 0.3 is 0 Å². The lowest BCUT2D eigenvalue weighted by atomic mass is 10.0. The van der Waals surface area contributed by atoms with E-state index in [1.54, 1.807) is 4.88 Å². The van der Waals surface area contributed by atoms with Crippen LogP contribution in [0.15, 0.2) is 23.6 Å². The Morgan fingerprint density at radius 2 is 2.39 bits per heavy atom. The zero-order valence-electron chi connectivity index (χ0n) is 11.7. The van der Waals surface area contributed by atoms with Crippen molar-refractivity contribution in [3.63, 3.8) is 0 Å². The Morgan fingerprint density at radius 3 is 3.11 bits per heavy atom. The molecule has 0 saturated carbocycles. The molecule has 100 valence electrons. The Balaban J connectivity index is 1.90. The largest absolute Gasteiger partial charge is 0.311 e. The van der Waals surface area contributed by atoms with Crippen LogP contribution in [-0.2, 0) is 6.42 Å². The highest BCUT2D eigenvalue weighted by molar-refractivity contribution is 7.10. The monoisotopic (exact) mass is 264 g/mol. The van der Waals surface area contributed by atoms with Crippen molar-refractivity contribution in [2.24, 2.45) is 0 Å². The first-order valence-electron chi connectivity index (χ1n) is 6.78. The molecule has 1 N–H and O–H groups in total. The fourth-order valence-electron chi connectivity index (χ4n) is 2.47. The molecule has 1 aliphatic heterocycles. The number of fused-ring (bicyclic) bond motifs is 1. The highest BCUT2D eigenvalue weighted by Gasteiger charge is 2.24. The van der Waals surface area contributed by atoms with Gasteiger partial charge in [0.15, 0.2) is 0 Å². The van der Waals surface area contributed by atoms with Gasteiger partial charge in [0, 0.05) is 36.6 Å². The van der Waals surface area contributed by atoms with Crippen LogP contribution in [0.2, 0.25) is 0 Å². The lowest BCUT2D eigenvalue weighted by molar-refractivity contribution is 0.216. The van der Waals surface area contributed by atoms with Crippen LogP contribution < -0.4 is 5.32 Å². The van der Waals surface area contributed by atoms with Gasteiger partial charge in [-0.15, -0.1) is 11.3 Å². The smallest absolute Gasteiger partial charge is 0.0334 e. The van der Waals surface area contributed by atoms with Crippen LogP contribution in [0.1, 0.15) is 37.3 Å². The number of nitrogens with one attached hydrogen (secondary N) is 1. The van der Waals surface area contributed by atoms with Gasteiger partial charge in [-0.3, -0.25) is 4.90 Å². The molecule has 0 aliphatic carbocycles. The fraction of sp³-hybridized carbons (Fsp3) is 0.600. The van der Waals surface area contributed by atoms with Crippen molar-refractivity contribution < 1.29 is 0 Å². The van der Waals surface area contributed by atoms with Gasteiger partial charge in [-0.25, -0.2) is 0 Å². The number of rotatable bonds is 5. The highest BCUT2D eigenvalue weighted by atomic mass is 32.1. The third-order valence-corrected chi connectivity index (χ3v) is 4.59. The number of nitrogens with zero attached hydrogens (tertiary/aromatic N) is 1. The van der Waals surface area contributed by atoms with Crippen molar-refractivity contribution in [3.8, 4) is 0 Å². The molecular formula is C15H24N2S. The molecule has 0 fully saturated rings. The van der Waals surface area contributed by atoms with Crippen LogP contribution in [0.3, 0.4) is 0 Å². The maximum absolute atomic E-state index is 4.20. The molecule has 1 unspecified atom stereocenters. The van der Waals surface area contributed by atoms with Crippen LogP contribution in [0.4, 0.5) is 0 Å². The van der Waals surface area contributed by atoms with Crippen molar-refractivity contribution in [1.29, 1.82) is 0 Å². The summed E-state index contributed by atoms with van der Waals surface area (Å²) in [4.78, 5) is 4.11. The molecule has 0 amide bonds. The summed E-state index contributed by atoms with van der Waals surface area (Å²) < 4.78 is 0. The molecule has 2 nitrogen and oxygen atoms in total. The molecule has 0 aromatic carbocycles. The van der Waals surface area contributed by atoms with Crippen molar-refractivity contribution in [2.45, 2.75) is 39.3 Å². The van der Waals surface area contributed by atoms with Gasteiger partial charge < -0.3 is 5.32 Å². The molecule has 1 aromatic rings. The Labute approximate surface area is 115 Å². The summed E-state index contributed by atoms with van der Waals surface area (Å²) in [6, 6.07) is 3.35. The van der Waals surface area contributed by atoms with Gasteiger partial charge in [0.2, 0.25) is 0 Å². The zero-order valence-corrected chi connectivity index (χ0v) is 12.5. The Bertz CT molecular complexity index is 408. The van der Waals surface area contributed by atoms with Gasteiger partial charge in [-0.1, -0.05) is 20.4 Å². The van der Waals surface area contributed by atoms with Crippen molar-refractivity contribution in [1.82, 2.24) is 10.2 Å². The van der Waals surface area contributed by atoms with E-state index in [9.17, 15) is 0 Å². The van der Waals surface area contributed by atoms with Crippen molar-refractivity contribution in [3.05, 3.63) is 34.0 Å². The van der Waals surface area contributed by atoms with E-state index in [1.807, 2.05) is 11.3 Å². The first-order valence-corrected chi connectivity index (χ1v) is 7.66. The summed E-state index contributed by atoms with van der Waals surface area (Å²) >= 11 is 1.90. The summed E-state index contributed by atoms with van der Waals surface area (Å²) in [5, 5.41) is 5.66. The molecule has 1 atom stereocenters. The SMILES string of the molecule is C=C(CNC(C)C)CN1CCc2sccc2C1C. The first-order chi connectivity index (χ1) is 8.58. The van der Waals surface area contributed by atoms with E-state index in [2.05, 4.69) is 49.0 Å². The van der Waals surface area contributed by atoms with E-state index in [0.717, 1.165) is 19.6 Å². The number of hydrogen-bond acceptors (Lipinski definition) is 3. The number of thiophene rings is 1. The molecule has 0 bridgehead atoms. The Morgan fingerprint density at radius 1 is 1.61 bits per heavy atom. The molecule has 3 heteroatoms.